The molecule has 0 spiro atoms. The third-order valence-corrected chi connectivity index (χ3v) is 5.26. The van der Waals surface area contributed by atoms with Crippen LogP contribution in [0.2, 0.25) is 0 Å². The Morgan fingerprint density at radius 3 is 2.52 bits per heavy atom. The van der Waals surface area contributed by atoms with E-state index in [1.54, 1.807) is 0 Å². The first-order valence-corrected chi connectivity index (χ1v) is 8.82. The van der Waals surface area contributed by atoms with Crippen molar-refractivity contribution < 1.29 is 14.3 Å². The van der Waals surface area contributed by atoms with Crippen molar-refractivity contribution in [2.24, 2.45) is 0 Å². The second-order valence-electron chi connectivity index (χ2n) is 7.20. The van der Waals surface area contributed by atoms with Crippen LogP contribution in [0.25, 0.3) is 0 Å². The summed E-state index contributed by atoms with van der Waals surface area (Å²) in [6, 6.07) is 13.9. The highest BCUT2D eigenvalue weighted by molar-refractivity contribution is 6.03. The van der Waals surface area contributed by atoms with Crippen LogP contribution in [-0.4, -0.2) is 42.5 Å². The molecule has 1 saturated heterocycles. The van der Waals surface area contributed by atoms with Gasteiger partial charge in [0.15, 0.2) is 5.78 Å². The SMILES string of the molecule is CC(C)(C(=O)c1ccc2c(c1)Oc1ccccc1C2)N1CCOCC1. The number of hydrogen-bond acceptors (Lipinski definition) is 4. The van der Waals surface area contributed by atoms with Crippen molar-refractivity contribution in [3.63, 3.8) is 0 Å². The van der Waals surface area contributed by atoms with Crippen molar-refractivity contribution in [2.45, 2.75) is 25.8 Å². The van der Waals surface area contributed by atoms with Crippen LogP contribution in [0.5, 0.6) is 11.5 Å². The maximum atomic E-state index is 13.2. The minimum absolute atomic E-state index is 0.125. The molecule has 2 aromatic carbocycles. The first-order valence-electron chi connectivity index (χ1n) is 8.82. The molecular formula is C21H23NO3. The van der Waals surface area contributed by atoms with Gasteiger partial charge < -0.3 is 9.47 Å². The van der Waals surface area contributed by atoms with Gasteiger partial charge in [-0.25, -0.2) is 0 Å². The van der Waals surface area contributed by atoms with E-state index in [4.69, 9.17) is 9.47 Å². The zero-order valence-electron chi connectivity index (χ0n) is 14.7. The molecule has 0 amide bonds. The predicted octanol–water partition coefficient (Wildman–Crippen LogP) is 3.68. The third kappa shape index (κ3) is 2.96. The fraction of sp³-hybridized carbons (Fsp3) is 0.381. The van der Waals surface area contributed by atoms with E-state index in [0.717, 1.165) is 36.6 Å². The molecule has 0 saturated carbocycles. The van der Waals surface area contributed by atoms with Gasteiger partial charge in [-0.3, -0.25) is 9.69 Å². The van der Waals surface area contributed by atoms with Crippen LogP contribution in [0.3, 0.4) is 0 Å². The van der Waals surface area contributed by atoms with Gasteiger partial charge in [0.05, 0.1) is 18.8 Å². The molecular weight excluding hydrogens is 314 g/mol. The van der Waals surface area contributed by atoms with Crippen LogP contribution in [0.15, 0.2) is 42.5 Å². The minimum Gasteiger partial charge on any atom is -0.457 e. The van der Waals surface area contributed by atoms with Gasteiger partial charge in [-0.2, -0.15) is 0 Å². The standard InChI is InChI=1S/C21H23NO3/c1-21(2,22-9-11-24-12-10-22)20(23)17-8-7-16-13-15-5-3-4-6-18(15)25-19(16)14-17/h3-8,14H,9-13H2,1-2H3. The molecule has 130 valence electrons. The lowest BCUT2D eigenvalue weighted by molar-refractivity contribution is -0.00430. The van der Waals surface area contributed by atoms with Crippen molar-refractivity contribution in [2.75, 3.05) is 26.3 Å². The third-order valence-electron chi connectivity index (χ3n) is 5.26. The van der Waals surface area contributed by atoms with E-state index in [9.17, 15) is 4.79 Å². The van der Waals surface area contributed by atoms with Gasteiger partial charge in [-0.1, -0.05) is 30.3 Å². The number of para-hydroxylation sites is 1. The van der Waals surface area contributed by atoms with Crippen molar-refractivity contribution in [1.82, 2.24) is 4.90 Å². The highest BCUT2D eigenvalue weighted by atomic mass is 16.5. The van der Waals surface area contributed by atoms with Crippen molar-refractivity contribution in [3.05, 3.63) is 59.2 Å². The zero-order valence-corrected chi connectivity index (χ0v) is 14.7. The number of carbonyl (C=O) groups excluding carboxylic acids is 1. The summed E-state index contributed by atoms with van der Waals surface area (Å²) in [5.41, 5.74) is 2.46. The second-order valence-corrected chi connectivity index (χ2v) is 7.20. The topological polar surface area (TPSA) is 38.8 Å². The first-order chi connectivity index (χ1) is 12.1. The van der Waals surface area contributed by atoms with Crippen LogP contribution in [0.4, 0.5) is 0 Å². The van der Waals surface area contributed by atoms with Gasteiger partial charge in [0, 0.05) is 25.1 Å². The fourth-order valence-corrected chi connectivity index (χ4v) is 3.63. The van der Waals surface area contributed by atoms with Gasteiger partial charge in [-0.15, -0.1) is 0 Å². The quantitative estimate of drug-likeness (QED) is 0.684. The smallest absolute Gasteiger partial charge is 0.182 e. The zero-order chi connectivity index (χ0) is 17.4. The summed E-state index contributed by atoms with van der Waals surface area (Å²) in [5, 5.41) is 0. The maximum absolute atomic E-state index is 13.2. The van der Waals surface area contributed by atoms with Gasteiger partial charge in [-0.05, 0) is 37.1 Å². The summed E-state index contributed by atoms with van der Waals surface area (Å²) in [5.74, 6) is 1.80. The van der Waals surface area contributed by atoms with E-state index in [-0.39, 0.29) is 5.78 Å². The number of fused-ring (bicyclic) bond motifs is 2. The Bertz CT molecular complexity index is 807. The normalized spacial score (nSPS) is 17.4. The minimum atomic E-state index is -0.551. The molecule has 0 atom stereocenters. The Morgan fingerprint density at radius 2 is 1.72 bits per heavy atom. The Morgan fingerprint density at radius 1 is 1.00 bits per heavy atom. The Hall–Kier alpha value is -2.17. The Labute approximate surface area is 148 Å². The van der Waals surface area contributed by atoms with Crippen LogP contribution < -0.4 is 4.74 Å². The lowest BCUT2D eigenvalue weighted by Gasteiger charge is -2.39. The van der Waals surface area contributed by atoms with Crippen molar-refractivity contribution in [3.8, 4) is 11.5 Å². The largest absolute Gasteiger partial charge is 0.457 e. The number of ketones is 1. The molecule has 2 aliphatic heterocycles. The van der Waals surface area contributed by atoms with E-state index in [2.05, 4.69) is 11.0 Å². The van der Waals surface area contributed by atoms with E-state index >= 15 is 0 Å². The molecule has 4 rings (SSSR count). The first kappa shape index (κ1) is 16.3. The summed E-state index contributed by atoms with van der Waals surface area (Å²) in [7, 11) is 0. The molecule has 1 fully saturated rings. The molecule has 2 aliphatic rings. The molecule has 2 aromatic rings. The van der Waals surface area contributed by atoms with E-state index < -0.39 is 5.54 Å². The predicted molar refractivity (Wildman–Crippen MR) is 96.6 cm³/mol. The number of Topliss-reactive ketones (excluding diaryl/α,β-unsaturated/α-hetero) is 1. The monoisotopic (exact) mass is 337 g/mol. The molecule has 4 heteroatoms. The number of nitrogens with zero attached hydrogens (tertiary/aromatic N) is 1. The Balaban J connectivity index is 1.61. The second kappa shape index (κ2) is 6.28. The fourth-order valence-electron chi connectivity index (χ4n) is 3.63. The average molecular weight is 337 g/mol. The lowest BCUT2D eigenvalue weighted by atomic mass is 9.89. The lowest BCUT2D eigenvalue weighted by Crippen LogP contribution is -2.54. The molecule has 2 heterocycles. The number of carbonyl (C=O) groups is 1. The molecule has 4 nitrogen and oxygen atoms in total. The van der Waals surface area contributed by atoms with Crippen molar-refractivity contribution in [1.29, 1.82) is 0 Å². The number of rotatable bonds is 3. The van der Waals surface area contributed by atoms with E-state index in [0.29, 0.717) is 18.8 Å². The van der Waals surface area contributed by atoms with Crippen LogP contribution in [0, 0.1) is 0 Å². The molecule has 0 bridgehead atoms. The van der Waals surface area contributed by atoms with Gasteiger partial charge >= 0.3 is 0 Å². The number of benzene rings is 2. The molecule has 0 aliphatic carbocycles. The van der Waals surface area contributed by atoms with Gasteiger partial charge in [0.1, 0.15) is 11.5 Å². The summed E-state index contributed by atoms with van der Waals surface area (Å²) in [4.78, 5) is 15.4. The maximum Gasteiger partial charge on any atom is 0.182 e. The van der Waals surface area contributed by atoms with Crippen molar-refractivity contribution >= 4 is 5.78 Å². The number of morpholine rings is 1. The summed E-state index contributed by atoms with van der Waals surface area (Å²) in [6.45, 7) is 6.93. The molecule has 0 unspecified atom stereocenters. The average Bonchev–Trinajstić information content (AvgIpc) is 2.66. The van der Waals surface area contributed by atoms with Gasteiger partial charge in [0.25, 0.3) is 0 Å². The van der Waals surface area contributed by atoms with E-state index in [1.807, 2.05) is 50.2 Å². The summed E-state index contributed by atoms with van der Waals surface area (Å²) < 4.78 is 11.5. The van der Waals surface area contributed by atoms with Crippen LogP contribution in [0.1, 0.15) is 35.3 Å². The van der Waals surface area contributed by atoms with E-state index in [1.165, 1.54) is 5.56 Å². The molecule has 0 radical (unpaired) electrons. The summed E-state index contributed by atoms with van der Waals surface area (Å²) >= 11 is 0. The van der Waals surface area contributed by atoms with Gasteiger partial charge in [0.2, 0.25) is 0 Å². The summed E-state index contributed by atoms with van der Waals surface area (Å²) in [6.07, 6.45) is 0.840. The number of hydrogen-bond donors (Lipinski definition) is 0. The highest BCUT2D eigenvalue weighted by Gasteiger charge is 2.36. The van der Waals surface area contributed by atoms with Crippen LogP contribution >= 0.6 is 0 Å². The Kier molecular flexibility index (Phi) is 4.10. The highest BCUT2D eigenvalue weighted by Crippen LogP contribution is 2.37. The number of ether oxygens (including phenoxy) is 2. The molecule has 25 heavy (non-hydrogen) atoms. The molecule has 0 aromatic heterocycles. The molecule has 0 N–H and O–H groups in total. The van der Waals surface area contributed by atoms with Crippen LogP contribution in [-0.2, 0) is 11.2 Å².